The van der Waals surface area contributed by atoms with Crippen molar-refractivity contribution in [2.75, 3.05) is 5.75 Å². The van der Waals surface area contributed by atoms with E-state index in [4.69, 9.17) is 9.52 Å². The topological polar surface area (TPSA) is 84.6 Å². The minimum absolute atomic E-state index is 0.0417. The molecule has 2 rings (SSSR count). The fourth-order valence-electron chi connectivity index (χ4n) is 1.73. The normalized spacial score (nSPS) is 11.1. The Kier molecular flexibility index (Phi) is 4.59. The molecule has 0 saturated heterocycles. The number of carboxylic acid groups (broad SMARTS) is 1. The Hall–Kier alpha value is -2.34. The van der Waals surface area contributed by atoms with Crippen molar-refractivity contribution in [3.05, 3.63) is 51.9 Å². The van der Waals surface area contributed by atoms with Crippen LogP contribution in [0.3, 0.4) is 0 Å². The highest BCUT2D eigenvalue weighted by Gasteiger charge is 2.10. The Morgan fingerprint density at radius 3 is 2.76 bits per heavy atom. The quantitative estimate of drug-likeness (QED) is 0.935. The molecule has 1 N–H and O–H groups in total. The van der Waals surface area contributed by atoms with E-state index in [2.05, 4.69) is 0 Å². The van der Waals surface area contributed by atoms with Crippen molar-refractivity contribution < 1.29 is 19.1 Å². The Bertz CT molecular complexity index is 788. The van der Waals surface area contributed by atoms with E-state index in [-0.39, 0.29) is 16.5 Å². The lowest BCUT2D eigenvalue weighted by Crippen LogP contribution is -2.06. The Morgan fingerprint density at radius 2 is 2.10 bits per heavy atom. The molecule has 0 aliphatic carbocycles. The van der Waals surface area contributed by atoms with Crippen molar-refractivity contribution in [3.8, 4) is 0 Å². The Morgan fingerprint density at radius 1 is 1.33 bits per heavy atom. The summed E-state index contributed by atoms with van der Waals surface area (Å²) >= 11 is 1.19. The van der Waals surface area contributed by atoms with Gasteiger partial charge in [0.2, 0.25) is 5.76 Å². The van der Waals surface area contributed by atoms with Crippen molar-refractivity contribution in [3.63, 3.8) is 0 Å². The van der Waals surface area contributed by atoms with Gasteiger partial charge in [0.15, 0.2) is 10.5 Å². The van der Waals surface area contributed by atoms with Gasteiger partial charge in [-0.2, -0.15) is 0 Å². The van der Waals surface area contributed by atoms with Crippen molar-refractivity contribution in [1.82, 2.24) is 0 Å². The number of thioether (sulfide) groups is 1. The van der Waals surface area contributed by atoms with Crippen LogP contribution in [0.4, 0.5) is 0 Å². The van der Waals surface area contributed by atoms with Crippen molar-refractivity contribution in [2.24, 2.45) is 0 Å². The number of carbonyl (C=O) groups is 2. The number of hydrogen-bond donors (Lipinski definition) is 1. The summed E-state index contributed by atoms with van der Waals surface area (Å²) in [6.07, 6.45) is 3.61. The van der Waals surface area contributed by atoms with Crippen molar-refractivity contribution in [1.29, 1.82) is 0 Å². The van der Waals surface area contributed by atoms with E-state index in [1.807, 2.05) is 6.08 Å². The van der Waals surface area contributed by atoms with Gasteiger partial charge in [-0.25, -0.2) is 4.79 Å². The molecule has 0 bridgehead atoms. The SMILES string of the molecule is CC(=O)SCC=Cc1ccc2oc(C(=O)O)cc(=O)c2c1. The molecule has 0 spiro atoms. The molecule has 0 aliphatic heterocycles. The van der Waals surface area contributed by atoms with E-state index in [9.17, 15) is 14.4 Å². The lowest BCUT2D eigenvalue weighted by molar-refractivity contribution is -0.109. The number of rotatable bonds is 4. The van der Waals surface area contributed by atoms with Crippen LogP contribution in [0.2, 0.25) is 0 Å². The third kappa shape index (κ3) is 3.82. The van der Waals surface area contributed by atoms with Gasteiger partial charge in [-0.3, -0.25) is 9.59 Å². The summed E-state index contributed by atoms with van der Waals surface area (Å²) in [7, 11) is 0. The monoisotopic (exact) mass is 304 g/mol. The first kappa shape index (κ1) is 15.1. The molecule has 1 aromatic heterocycles. The average Bonchev–Trinajstić information content (AvgIpc) is 2.43. The summed E-state index contributed by atoms with van der Waals surface area (Å²) in [6.45, 7) is 1.50. The molecule has 0 unspecified atom stereocenters. The van der Waals surface area contributed by atoms with E-state index in [0.29, 0.717) is 11.1 Å². The standard InChI is InChI=1S/C15H12O5S/c1-9(16)21-6-2-3-10-4-5-13-11(7-10)12(17)8-14(20-13)15(18)19/h2-5,7-8H,6H2,1H3,(H,18,19). The molecule has 0 aliphatic rings. The van der Waals surface area contributed by atoms with Gasteiger partial charge in [-0.05, 0) is 17.7 Å². The highest BCUT2D eigenvalue weighted by Crippen LogP contribution is 2.16. The Labute approximate surface area is 124 Å². The van der Waals surface area contributed by atoms with Crippen molar-refractivity contribution in [2.45, 2.75) is 6.92 Å². The number of fused-ring (bicyclic) bond motifs is 1. The highest BCUT2D eigenvalue weighted by atomic mass is 32.2. The van der Waals surface area contributed by atoms with Gasteiger partial charge < -0.3 is 9.52 Å². The van der Waals surface area contributed by atoms with Crippen LogP contribution >= 0.6 is 11.8 Å². The second-order valence-corrected chi connectivity index (χ2v) is 5.44. The highest BCUT2D eigenvalue weighted by molar-refractivity contribution is 8.13. The molecule has 0 radical (unpaired) electrons. The molecular weight excluding hydrogens is 292 g/mol. The maximum atomic E-state index is 11.9. The maximum Gasteiger partial charge on any atom is 0.371 e. The third-order valence-corrected chi connectivity index (χ3v) is 3.42. The second-order valence-electron chi connectivity index (χ2n) is 4.24. The fraction of sp³-hybridized carbons (Fsp3) is 0.133. The molecular formula is C15H12O5S. The molecule has 5 nitrogen and oxygen atoms in total. The smallest absolute Gasteiger partial charge is 0.371 e. The number of aromatic carboxylic acids is 1. The molecule has 1 aromatic carbocycles. The summed E-state index contributed by atoms with van der Waals surface area (Å²) in [5.74, 6) is -1.10. The molecule has 0 fully saturated rings. The van der Waals surface area contributed by atoms with Gasteiger partial charge in [-0.15, -0.1) is 0 Å². The minimum Gasteiger partial charge on any atom is -0.475 e. The van der Waals surface area contributed by atoms with Gasteiger partial charge in [0, 0.05) is 18.7 Å². The van der Waals surface area contributed by atoms with Crippen LogP contribution in [0, 0.1) is 0 Å². The number of carbonyl (C=O) groups excluding carboxylic acids is 1. The zero-order chi connectivity index (χ0) is 15.4. The summed E-state index contributed by atoms with van der Waals surface area (Å²) in [5.41, 5.74) is 0.610. The molecule has 0 amide bonds. The van der Waals surface area contributed by atoms with E-state index >= 15 is 0 Å². The molecule has 108 valence electrons. The van der Waals surface area contributed by atoms with Crippen LogP contribution in [0.5, 0.6) is 0 Å². The van der Waals surface area contributed by atoms with Crippen LogP contribution < -0.4 is 5.43 Å². The summed E-state index contributed by atoms with van der Waals surface area (Å²) in [4.78, 5) is 33.5. The molecule has 2 aromatic rings. The molecule has 1 heterocycles. The summed E-state index contributed by atoms with van der Waals surface area (Å²) < 4.78 is 5.14. The zero-order valence-corrected chi connectivity index (χ0v) is 12.0. The maximum absolute atomic E-state index is 11.9. The van der Waals surface area contributed by atoms with Gasteiger partial charge in [-0.1, -0.05) is 30.0 Å². The average molecular weight is 304 g/mol. The first-order chi connectivity index (χ1) is 9.97. The number of hydrogen-bond acceptors (Lipinski definition) is 5. The van der Waals surface area contributed by atoms with Crippen LogP contribution in [0.15, 0.2) is 39.6 Å². The molecule has 0 atom stereocenters. The number of carboxylic acids is 1. The van der Waals surface area contributed by atoms with Crippen LogP contribution in [-0.4, -0.2) is 21.9 Å². The second kappa shape index (κ2) is 6.41. The zero-order valence-electron chi connectivity index (χ0n) is 11.2. The summed E-state index contributed by atoms with van der Waals surface area (Å²) in [6, 6.07) is 5.86. The predicted molar refractivity (Wildman–Crippen MR) is 81.6 cm³/mol. The first-order valence-corrected chi connectivity index (χ1v) is 7.07. The van der Waals surface area contributed by atoms with E-state index < -0.39 is 11.4 Å². The third-order valence-electron chi connectivity index (χ3n) is 2.66. The van der Waals surface area contributed by atoms with Crippen molar-refractivity contribution >= 4 is 39.9 Å². The number of benzene rings is 1. The molecule has 21 heavy (non-hydrogen) atoms. The molecule has 0 saturated carbocycles. The van der Waals surface area contributed by atoms with Crippen LogP contribution in [0.1, 0.15) is 23.0 Å². The van der Waals surface area contributed by atoms with E-state index in [0.717, 1.165) is 11.6 Å². The minimum atomic E-state index is -1.28. The largest absolute Gasteiger partial charge is 0.475 e. The summed E-state index contributed by atoms with van der Waals surface area (Å²) in [5, 5.41) is 9.20. The van der Waals surface area contributed by atoms with Gasteiger partial charge >= 0.3 is 5.97 Å². The predicted octanol–water partition coefficient (Wildman–Crippen LogP) is 2.78. The lowest BCUT2D eigenvalue weighted by Gasteiger charge is -2.00. The van der Waals surface area contributed by atoms with E-state index in [1.54, 1.807) is 24.3 Å². The fourth-order valence-corrected chi connectivity index (χ4v) is 2.16. The first-order valence-electron chi connectivity index (χ1n) is 6.08. The lowest BCUT2D eigenvalue weighted by atomic mass is 10.1. The molecule has 6 heteroatoms. The van der Waals surface area contributed by atoms with Crippen LogP contribution in [-0.2, 0) is 4.79 Å². The van der Waals surface area contributed by atoms with Crippen LogP contribution in [0.25, 0.3) is 17.0 Å². The van der Waals surface area contributed by atoms with Gasteiger partial charge in [0.25, 0.3) is 0 Å². The van der Waals surface area contributed by atoms with E-state index in [1.165, 1.54) is 18.7 Å². The van der Waals surface area contributed by atoms with Gasteiger partial charge in [0.1, 0.15) is 5.58 Å². The van der Waals surface area contributed by atoms with Gasteiger partial charge in [0.05, 0.1) is 5.39 Å². The Balaban J connectivity index is 2.32.